The van der Waals surface area contributed by atoms with Gasteiger partial charge in [0.2, 0.25) is 20.6 Å². The van der Waals surface area contributed by atoms with Gasteiger partial charge in [-0.3, -0.25) is 18.7 Å². The van der Waals surface area contributed by atoms with Gasteiger partial charge in [-0.25, -0.2) is 4.79 Å². The molecule has 3 atom stereocenters. The minimum atomic E-state index is -3.87. The molecule has 0 aromatic carbocycles. The van der Waals surface area contributed by atoms with E-state index in [1.165, 1.54) is 11.0 Å². The lowest BCUT2D eigenvalue weighted by molar-refractivity contribution is -0.220. The molecule has 0 bridgehead atoms. The molecule has 28 heavy (non-hydrogen) atoms. The molecule has 2 amide bonds. The Balaban J connectivity index is 1.72. The van der Waals surface area contributed by atoms with Gasteiger partial charge in [-0.1, -0.05) is 6.08 Å². The third-order valence-corrected chi connectivity index (χ3v) is 8.43. The van der Waals surface area contributed by atoms with Crippen LogP contribution in [0.1, 0.15) is 19.3 Å². The number of hydrogen-bond donors (Lipinski definition) is 3. The summed E-state index contributed by atoms with van der Waals surface area (Å²) in [6.07, 6.45) is -0.0364. The summed E-state index contributed by atoms with van der Waals surface area (Å²) in [6, 6.07) is 0. The number of rotatable bonds is 10. The highest BCUT2D eigenvalue weighted by Gasteiger charge is 2.34. The smallest absolute Gasteiger partial charge is 0.333 e. The Kier molecular flexibility index (Phi) is 7.59. The molecule has 158 valence electrons. The molecule has 13 heteroatoms. The quantitative estimate of drug-likeness (QED) is 0.389. The number of carbonyl (C=O) groups excluding carboxylic acids is 3. The van der Waals surface area contributed by atoms with Gasteiger partial charge < -0.3 is 24.6 Å². The highest BCUT2D eigenvalue weighted by molar-refractivity contribution is 7.62. The number of carbonyl (C=O) groups is 3. The summed E-state index contributed by atoms with van der Waals surface area (Å²) < 4.78 is 24.3. The van der Waals surface area contributed by atoms with Crippen LogP contribution in [0.25, 0.3) is 0 Å². The van der Waals surface area contributed by atoms with E-state index >= 15 is 0 Å². The summed E-state index contributed by atoms with van der Waals surface area (Å²) in [5, 5.41) is 10.0. The first-order valence-electron chi connectivity index (χ1n) is 8.77. The lowest BCUT2D eigenvalue weighted by atomic mass is 10.4. The molecule has 0 radical (unpaired) electrons. The van der Waals surface area contributed by atoms with Crippen LogP contribution in [0.15, 0.2) is 12.2 Å². The lowest BCUT2D eigenvalue weighted by Gasteiger charge is -2.20. The molecule has 3 N–H and O–H groups in total. The van der Waals surface area contributed by atoms with Gasteiger partial charge in [0.15, 0.2) is 6.23 Å². The van der Waals surface area contributed by atoms with E-state index in [-0.39, 0.29) is 31.5 Å². The first kappa shape index (κ1) is 22.8. The Labute approximate surface area is 161 Å². The summed E-state index contributed by atoms with van der Waals surface area (Å²) in [5.74, 6) is -1.75. The maximum Gasteiger partial charge on any atom is 0.333 e. The van der Waals surface area contributed by atoms with Crippen molar-refractivity contribution in [2.75, 3.05) is 37.7 Å². The highest BCUT2D eigenvalue weighted by atomic mass is 31.2. The minimum Gasteiger partial charge on any atom is -0.370 e. The van der Waals surface area contributed by atoms with Crippen molar-refractivity contribution in [3.8, 4) is 0 Å². The predicted octanol–water partition coefficient (Wildman–Crippen LogP) is -0.285. The van der Waals surface area contributed by atoms with Crippen LogP contribution < -0.4 is 0 Å². The molecule has 1 fully saturated rings. The number of nitrogens with zero attached hydrogens (tertiary/aromatic N) is 2. The Hall–Kier alpha value is -1.51. The molecule has 0 aromatic rings. The molecular weight excluding hydrogens is 414 g/mol. The van der Waals surface area contributed by atoms with E-state index < -0.39 is 57.7 Å². The highest BCUT2D eigenvalue weighted by Crippen LogP contribution is 2.48. The summed E-state index contributed by atoms with van der Waals surface area (Å²) in [4.78, 5) is 60.5. The Morgan fingerprint density at radius 2 is 1.79 bits per heavy atom. The SMILES string of the molecule is O=C(CCP(=O)(O)CCP(=O)(O)CCN1CC=CC1=O)ON1C(=O)CCC1O. The monoisotopic (exact) mass is 438 g/mol. The number of hydrogen-bond acceptors (Lipinski definition) is 7. The Morgan fingerprint density at radius 1 is 1.14 bits per heavy atom. The maximum absolute atomic E-state index is 12.2. The van der Waals surface area contributed by atoms with Crippen molar-refractivity contribution in [2.24, 2.45) is 0 Å². The summed E-state index contributed by atoms with van der Waals surface area (Å²) >= 11 is 0. The standard InChI is InChI=1S/C15H24N2O9P2/c18-12-2-1-6-16(12)7-9-28(24,25)11-10-27(22,23)8-5-15(21)26-17-13(19)3-4-14(17)20/h1-2,13,19H,3-11H2,(H,22,23)(H,24,25). The van der Waals surface area contributed by atoms with Gasteiger partial charge in [0.05, 0.1) is 6.42 Å². The van der Waals surface area contributed by atoms with E-state index in [0.717, 1.165) is 0 Å². The van der Waals surface area contributed by atoms with E-state index in [0.29, 0.717) is 11.6 Å². The predicted molar refractivity (Wildman–Crippen MR) is 97.6 cm³/mol. The Morgan fingerprint density at radius 3 is 2.32 bits per heavy atom. The second-order valence-electron chi connectivity index (χ2n) is 6.73. The zero-order valence-electron chi connectivity index (χ0n) is 15.2. The van der Waals surface area contributed by atoms with Crippen LogP contribution in [-0.4, -0.2) is 86.6 Å². The fourth-order valence-corrected chi connectivity index (χ4v) is 6.70. The Bertz CT molecular complexity index is 754. The van der Waals surface area contributed by atoms with E-state index in [2.05, 4.69) is 0 Å². The second kappa shape index (κ2) is 9.33. The molecule has 2 aliphatic heterocycles. The van der Waals surface area contributed by atoms with Gasteiger partial charge >= 0.3 is 5.97 Å². The van der Waals surface area contributed by atoms with Crippen LogP contribution >= 0.6 is 14.7 Å². The number of amides is 2. The van der Waals surface area contributed by atoms with Crippen molar-refractivity contribution >= 4 is 32.5 Å². The van der Waals surface area contributed by atoms with Gasteiger partial charge in [-0.15, -0.1) is 5.06 Å². The zero-order chi connectivity index (χ0) is 20.9. The molecule has 11 nitrogen and oxygen atoms in total. The lowest BCUT2D eigenvalue weighted by Crippen LogP contribution is -2.35. The van der Waals surface area contributed by atoms with E-state index in [1.807, 2.05) is 0 Å². The van der Waals surface area contributed by atoms with Gasteiger partial charge in [-0.05, 0) is 0 Å². The third kappa shape index (κ3) is 6.83. The van der Waals surface area contributed by atoms with Crippen LogP contribution in [-0.2, 0) is 28.4 Å². The van der Waals surface area contributed by atoms with Crippen LogP contribution in [0.3, 0.4) is 0 Å². The first-order chi connectivity index (χ1) is 13.0. The number of hydroxylamine groups is 2. The summed E-state index contributed by atoms with van der Waals surface area (Å²) in [7, 11) is -7.58. The van der Waals surface area contributed by atoms with Crippen LogP contribution in [0.4, 0.5) is 0 Å². The minimum absolute atomic E-state index is 0.0395. The molecule has 1 saturated heterocycles. The van der Waals surface area contributed by atoms with Crippen molar-refractivity contribution in [3.63, 3.8) is 0 Å². The summed E-state index contributed by atoms with van der Waals surface area (Å²) in [6.45, 7) is 0.446. The normalized spacial score (nSPS) is 23.8. The zero-order valence-corrected chi connectivity index (χ0v) is 17.0. The van der Waals surface area contributed by atoms with Crippen molar-refractivity contribution in [1.29, 1.82) is 0 Å². The van der Waals surface area contributed by atoms with Crippen molar-refractivity contribution in [2.45, 2.75) is 25.5 Å². The number of aliphatic hydroxyl groups excluding tert-OH is 1. The molecule has 0 aliphatic carbocycles. The van der Waals surface area contributed by atoms with Gasteiger partial charge in [0.25, 0.3) is 5.91 Å². The van der Waals surface area contributed by atoms with Crippen LogP contribution in [0.2, 0.25) is 0 Å². The number of aliphatic hydroxyl groups is 1. The average molecular weight is 438 g/mol. The second-order valence-corrected chi connectivity index (χ2v) is 11.9. The van der Waals surface area contributed by atoms with Crippen LogP contribution in [0.5, 0.6) is 0 Å². The third-order valence-electron chi connectivity index (χ3n) is 4.41. The molecule has 2 heterocycles. The molecule has 0 spiro atoms. The molecule has 0 saturated carbocycles. The first-order valence-corrected chi connectivity index (χ1v) is 12.8. The van der Waals surface area contributed by atoms with Crippen molar-refractivity contribution in [3.05, 3.63) is 12.2 Å². The van der Waals surface area contributed by atoms with E-state index in [4.69, 9.17) is 4.84 Å². The largest absolute Gasteiger partial charge is 0.370 e. The van der Waals surface area contributed by atoms with Gasteiger partial charge in [0.1, 0.15) is 0 Å². The summed E-state index contributed by atoms with van der Waals surface area (Å²) in [5.41, 5.74) is 0. The average Bonchev–Trinajstić information content (AvgIpc) is 3.17. The molecule has 2 rings (SSSR count). The fraction of sp³-hybridized carbons (Fsp3) is 0.667. The molecule has 0 aromatic heterocycles. The fourth-order valence-electron chi connectivity index (χ4n) is 2.67. The molecular formula is C15H24N2O9P2. The van der Waals surface area contributed by atoms with E-state index in [1.54, 1.807) is 6.08 Å². The topological polar surface area (TPSA) is 162 Å². The van der Waals surface area contributed by atoms with E-state index in [9.17, 15) is 38.4 Å². The van der Waals surface area contributed by atoms with Crippen molar-refractivity contribution < 1.29 is 43.2 Å². The van der Waals surface area contributed by atoms with Crippen molar-refractivity contribution in [1.82, 2.24) is 9.96 Å². The molecule has 3 unspecified atom stereocenters. The van der Waals surface area contributed by atoms with Gasteiger partial charge in [0, 0.05) is 56.7 Å². The molecule has 2 aliphatic rings. The van der Waals surface area contributed by atoms with Gasteiger partial charge in [-0.2, -0.15) is 0 Å². The van der Waals surface area contributed by atoms with Crippen LogP contribution in [0, 0.1) is 0 Å². The maximum atomic E-state index is 12.2.